The predicted molar refractivity (Wildman–Crippen MR) is 245 cm³/mol. The van der Waals surface area contributed by atoms with Crippen LogP contribution in [-0.4, -0.2) is 46.9 Å². The molecule has 3 N–H and O–H groups in total. The zero-order valence-electron chi connectivity index (χ0n) is 37.5. The van der Waals surface area contributed by atoms with E-state index in [1.165, 1.54) is 83.5 Å². The Balaban J connectivity index is 4.54. The van der Waals surface area contributed by atoms with Crippen LogP contribution >= 0.6 is 0 Å². The van der Waals surface area contributed by atoms with Crippen LogP contribution in [0, 0.1) is 0 Å². The van der Waals surface area contributed by atoms with Crippen molar-refractivity contribution < 1.29 is 24.5 Å². The maximum atomic E-state index is 13.1. The fraction of sp³-hybridized carbons (Fsp3) is 0.765. The van der Waals surface area contributed by atoms with Crippen molar-refractivity contribution in [1.29, 1.82) is 0 Å². The van der Waals surface area contributed by atoms with Crippen molar-refractivity contribution in [2.45, 2.75) is 244 Å². The lowest BCUT2D eigenvalue weighted by Crippen LogP contribution is -2.46. The number of carbonyl (C=O) groups excluding carboxylic acids is 2. The van der Waals surface area contributed by atoms with Gasteiger partial charge in [0.25, 0.3) is 0 Å². The van der Waals surface area contributed by atoms with Crippen molar-refractivity contribution in [3.8, 4) is 0 Å². The first-order valence-corrected chi connectivity index (χ1v) is 24.1. The summed E-state index contributed by atoms with van der Waals surface area (Å²) in [4.78, 5) is 26.0. The molecular formula is C51H91NO5. The number of carbonyl (C=O) groups is 2. The van der Waals surface area contributed by atoms with E-state index >= 15 is 0 Å². The molecule has 0 aromatic carbocycles. The maximum Gasteiger partial charge on any atom is 0.306 e. The molecule has 0 heterocycles. The van der Waals surface area contributed by atoms with Crippen LogP contribution < -0.4 is 5.32 Å². The summed E-state index contributed by atoms with van der Waals surface area (Å²) in [5, 5.41) is 23.7. The average Bonchev–Trinajstić information content (AvgIpc) is 3.20. The molecular weight excluding hydrogens is 707 g/mol. The molecule has 0 aromatic heterocycles. The van der Waals surface area contributed by atoms with Gasteiger partial charge in [-0.3, -0.25) is 9.59 Å². The molecule has 0 radical (unpaired) electrons. The third-order valence-corrected chi connectivity index (χ3v) is 10.7. The molecule has 0 aliphatic heterocycles. The zero-order valence-corrected chi connectivity index (χ0v) is 37.5. The monoisotopic (exact) mass is 798 g/mol. The Morgan fingerprint density at radius 2 is 0.982 bits per heavy atom. The number of amides is 1. The van der Waals surface area contributed by atoms with E-state index in [1.54, 1.807) is 0 Å². The van der Waals surface area contributed by atoms with Gasteiger partial charge >= 0.3 is 5.97 Å². The molecule has 330 valence electrons. The first-order chi connectivity index (χ1) is 28.0. The van der Waals surface area contributed by atoms with Crippen molar-refractivity contribution in [2.75, 3.05) is 6.61 Å². The molecule has 0 saturated carbocycles. The van der Waals surface area contributed by atoms with E-state index in [9.17, 15) is 19.8 Å². The number of aliphatic hydroxyl groups is 2. The van der Waals surface area contributed by atoms with Gasteiger partial charge < -0.3 is 20.3 Å². The Morgan fingerprint density at radius 3 is 1.56 bits per heavy atom. The number of esters is 1. The second-order valence-electron chi connectivity index (χ2n) is 16.2. The molecule has 1 amide bonds. The second kappa shape index (κ2) is 44.7. The third kappa shape index (κ3) is 40.1. The normalized spacial score (nSPS) is 13.8. The van der Waals surface area contributed by atoms with Crippen LogP contribution in [0.3, 0.4) is 0 Å². The number of hydrogen-bond donors (Lipinski definition) is 3. The van der Waals surface area contributed by atoms with Gasteiger partial charge in [0.2, 0.25) is 5.91 Å². The Kier molecular flexibility index (Phi) is 42.7. The van der Waals surface area contributed by atoms with E-state index < -0.39 is 18.2 Å². The van der Waals surface area contributed by atoms with Crippen LogP contribution in [0.4, 0.5) is 0 Å². The number of aliphatic hydroxyl groups excluding tert-OH is 2. The van der Waals surface area contributed by atoms with Gasteiger partial charge in [0, 0.05) is 6.42 Å². The molecule has 0 aliphatic carbocycles. The van der Waals surface area contributed by atoms with Crippen LogP contribution in [0.2, 0.25) is 0 Å². The summed E-state index contributed by atoms with van der Waals surface area (Å²) in [6.45, 7) is 6.28. The Labute approximate surface area is 352 Å². The molecule has 0 saturated heterocycles. The van der Waals surface area contributed by atoms with Crippen molar-refractivity contribution >= 4 is 11.9 Å². The van der Waals surface area contributed by atoms with Gasteiger partial charge in [-0.15, -0.1) is 0 Å². The van der Waals surface area contributed by atoms with Gasteiger partial charge in [0.15, 0.2) is 0 Å². The molecule has 6 nitrogen and oxygen atoms in total. The van der Waals surface area contributed by atoms with Crippen LogP contribution in [0.25, 0.3) is 0 Å². The molecule has 3 atom stereocenters. The molecule has 3 unspecified atom stereocenters. The van der Waals surface area contributed by atoms with E-state index in [2.05, 4.69) is 68.6 Å². The molecule has 0 rings (SSSR count). The van der Waals surface area contributed by atoms with Crippen molar-refractivity contribution in [3.05, 3.63) is 60.8 Å². The van der Waals surface area contributed by atoms with E-state index in [0.717, 1.165) is 96.3 Å². The van der Waals surface area contributed by atoms with Crippen molar-refractivity contribution in [3.63, 3.8) is 0 Å². The molecule has 6 heteroatoms. The Hall–Kier alpha value is -2.44. The summed E-state index contributed by atoms with van der Waals surface area (Å²) in [7, 11) is 0. The van der Waals surface area contributed by atoms with E-state index in [0.29, 0.717) is 19.3 Å². The summed E-state index contributed by atoms with van der Waals surface area (Å²) in [6.07, 6.45) is 54.2. The minimum atomic E-state index is -0.795. The number of allylic oxidation sites excluding steroid dienone is 10. The Morgan fingerprint density at radius 1 is 0.526 bits per heavy atom. The highest BCUT2D eigenvalue weighted by atomic mass is 16.5. The van der Waals surface area contributed by atoms with Crippen LogP contribution in [0.15, 0.2) is 60.8 Å². The fourth-order valence-corrected chi connectivity index (χ4v) is 7.01. The lowest BCUT2D eigenvalue weighted by molar-refractivity contribution is -0.151. The predicted octanol–water partition coefficient (Wildman–Crippen LogP) is 14.1. The van der Waals surface area contributed by atoms with Gasteiger partial charge in [-0.05, 0) is 64.2 Å². The summed E-state index contributed by atoms with van der Waals surface area (Å²) in [5.41, 5.74) is 0. The quantitative estimate of drug-likeness (QED) is 0.0247. The van der Waals surface area contributed by atoms with E-state index in [1.807, 2.05) is 18.2 Å². The van der Waals surface area contributed by atoms with Crippen LogP contribution in [0.1, 0.15) is 226 Å². The first-order valence-electron chi connectivity index (χ1n) is 24.1. The second-order valence-corrected chi connectivity index (χ2v) is 16.2. The highest BCUT2D eigenvalue weighted by Gasteiger charge is 2.24. The van der Waals surface area contributed by atoms with Crippen molar-refractivity contribution in [1.82, 2.24) is 5.32 Å². The summed E-state index contributed by atoms with van der Waals surface area (Å²) >= 11 is 0. The number of hydrogen-bond acceptors (Lipinski definition) is 5. The minimum absolute atomic E-state index is 0.0552. The highest BCUT2D eigenvalue weighted by molar-refractivity contribution is 5.77. The van der Waals surface area contributed by atoms with Crippen LogP contribution in [-0.2, 0) is 14.3 Å². The van der Waals surface area contributed by atoms with Gasteiger partial charge in [-0.2, -0.15) is 0 Å². The van der Waals surface area contributed by atoms with Gasteiger partial charge in [0.1, 0.15) is 6.10 Å². The molecule has 0 spiro atoms. The Bertz CT molecular complexity index is 1030. The molecule has 57 heavy (non-hydrogen) atoms. The molecule has 0 aromatic rings. The smallest absolute Gasteiger partial charge is 0.306 e. The summed E-state index contributed by atoms with van der Waals surface area (Å²) < 4.78 is 5.88. The lowest BCUT2D eigenvalue weighted by atomic mass is 10.0. The van der Waals surface area contributed by atoms with Gasteiger partial charge in [0.05, 0.1) is 25.2 Å². The fourth-order valence-electron chi connectivity index (χ4n) is 7.01. The van der Waals surface area contributed by atoms with Crippen molar-refractivity contribution in [2.24, 2.45) is 0 Å². The number of unbranched alkanes of at least 4 members (excludes halogenated alkanes) is 23. The first kappa shape index (κ1) is 54.6. The zero-order chi connectivity index (χ0) is 41.7. The highest BCUT2D eigenvalue weighted by Crippen LogP contribution is 2.17. The largest absolute Gasteiger partial charge is 0.462 e. The van der Waals surface area contributed by atoms with Gasteiger partial charge in [-0.1, -0.05) is 210 Å². The number of nitrogens with one attached hydrogen (secondary N) is 1. The summed E-state index contributed by atoms with van der Waals surface area (Å²) in [6, 6.07) is -0.711. The molecule has 0 bridgehead atoms. The standard InChI is InChI=1S/C51H91NO5/c1-4-7-10-13-16-19-21-23-25-27-29-32-35-38-41-44-51(56)57-47(42-39-36-33-30-18-15-12-9-6-3)45-50(55)52-48(46-53)49(54)43-40-37-34-31-28-26-24-22-20-17-14-11-8-5-2/h7,10,13,15-16,18-19,21,23,25,47-49,53-54H,4-6,8-9,11-12,14,17,20,22,24,26-46H2,1-3H3,(H,52,55)/b10-7+,16-13+,18-15-,21-19+,25-23-. The average molecular weight is 798 g/mol. The van der Waals surface area contributed by atoms with Crippen LogP contribution in [0.5, 0.6) is 0 Å². The lowest BCUT2D eigenvalue weighted by Gasteiger charge is -2.24. The van der Waals surface area contributed by atoms with E-state index in [-0.39, 0.29) is 24.9 Å². The maximum absolute atomic E-state index is 13.1. The topological polar surface area (TPSA) is 95.9 Å². The van der Waals surface area contributed by atoms with Gasteiger partial charge in [-0.25, -0.2) is 0 Å². The molecule has 0 aliphatic rings. The summed E-state index contributed by atoms with van der Waals surface area (Å²) in [5.74, 6) is -0.520. The number of rotatable bonds is 42. The van der Waals surface area contributed by atoms with E-state index in [4.69, 9.17) is 4.74 Å². The minimum Gasteiger partial charge on any atom is -0.462 e. The SMILES string of the molecule is CC/C=C/C=C/C=C/C=C\CCCCCCCC(=O)OC(CCCCC/C=C\CCCC)CC(=O)NC(CO)C(O)CCCCCCCCCCCCCCCC. The third-order valence-electron chi connectivity index (χ3n) is 10.7. The molecule has 0 fully saturated rings. The number of ether oxygens (including phenoxy) is 1.